The van der Waals surface area contributed by atoms with E-state index in [0.717, 1.165) is 11.1 Å². The lowest BCUT2D eigenvalue weighted by Crippen LogP contribution is -2.31. The van der Waals surface area contributed by atoms with E-state index >= 15 is 0 Å². The minimum atomic E-state index is -0.207. The molecule has 0 saturated carbocycles. The zero-order chi connectivity index (χ0) is 22.0. The van der Waals surface area contributed by atoms with Crippen LogP contribution in [-0.2, 0) is 41.6 Å². The Morgan fingerprint density at radius 2 is 0.935 bits per heavy atom. The zero-order valence-corrected chi connectivity index (χ0v) is 18.7. The van der Waals surface area contributed by atoms with Gasteiger partial charge in [-0.05, 0) is 25.0 Å². The Morgan fingerprint density at radius 3 is 1.32 bits per heavy atom. The molecule has 0 aliphatic carbocycles. The number of rotatable bonds is 18. The summed E-state index contributed by atoms with van der Waals surface area (Å²) >= 11 is 0. The van der Waals surface area contributed by atoms with Gasteiger partial charge < -0.3 is 28.4 Å². The molecule has 0 spiro atoms. The van der Waals surface area contributed by atoms with Crippen molar-refractivity contribution in [2.75, 3.05) is 46.4 Å². The normalized spacial score (nSPS) is 13.2. The fourth-order valence-corrected chi connectivity index (χ4v) is 2.78. The van der Waals surface area contributed by atoms with Gasteiger partial charge in [0.25, 0.3) is 0 Å². The average Bonchev–Trinajstić information content (AvgIpc) is 2.81. The Hall–Kier alpha value is -1.80. The largest absolute Gasteiger partial charge is 0.379 e. The summed E-state index contributed by atoms with van der Waals surface area (Å²) in [5.41, 5.74) is 2.25. The molecule has 31 heavy (non-hydrogen) atoms. The molecular formula is C25H36O6. The first kappa shape index (κ1) is 25.5. The minimum absolute atomic E-state index is 0.124. The molecule has 2 aromatic rings. The number of ether oxygens (including phenoxy) is 6. The molecule has 0 aromatic heterocycles. The summed E-state index contributed by atoms with van der Waals surface area (Å²) in [7, 11) is 0. The zero-order valence-electron chi connectivity index (χ0n) is 18.7. The topological polar surface area (TPSA) is 55.4 Å². The van der Waals surface area contributed by atoms with E-state index in [0.29, 0.717) is 52.9 Å². The molecule has 0 aliphatic heterocycles. The van der Waals surface area contributed by atoms with Crippen LogP contribution in [0.25, 0.3) is 0 Å². The summed E-state index contributed by atoms with van der Waals surface area (Å²) in [6, 6.07) is 20.1. The van der Waals surface area contributed by atoms with Crippen molar-refractivity contribution < 1.29 is 28.4 Å². The number of hydrogen-bond donors (Lipinski definition) is 0. The van der Waals surface area contributed by atoms with Crippen LogP contribution in [0.4, 0.5) is 0 Å². The summed E-state index contributed by atoms with van der Waals surface area (Å²) in [5.74, 6) is 0. The highest BCUT2D eigenvalue weighted by Gasteiger charge is 2.14. The average molecular weight is 433 g/mol. The van der Waals surface area contributed by atoms with Gasteiger partial charge in [-0.1, -0.05) is 60.7 Å². The van der Waals surface area contributed by atoms with Crippen LogP contribution in [0, 0.1) is 0 Å². The Labute approximate surface area is 186 Å². The van der Waals surface area contributed by atoms with Crippen molar-refractivity contribution in [2.24, 2.45) is 0 Å². The maximum Gasteiger partial charge on any atom is 0.147 e. The van der Waals surface area contributed by atoms with E-state index in [1.54, 1.807) is 0 Å². The maximum atomic E-state index is 5.87. The van der Waals surface area contributed by atoms with E-state index in [9.17, 15) is 0 Å². The van der Waals surface area contributed by atoms with Gasteiger partial charge in [-0.2, -0.15) is 0 Å². The predicted octanol–water partition coefficient (Wildman–Crippen LogP) is 4.22. The minimum Gasteiger partial charge on any atom is -0.379 e. The molecule has 2 atom stereocenters. The molecule has 2 rings (SSSR count). The highest BCUT2D eigenvalue weighted by Crippen LogP contribution is 2.06. The van der Waals surface area contributed by atoms with Gasteiger partial charge in [0.05, 0.1) is 39.6 Å². The summed E-state index contributed by atoms with van der Waals surface area (Å²) in [6.45, 7) is 8.13. The van der Waals surface area contributed by atoms with Crippen LogP contribution < -0.4 is 0 Å². The lowest BCUT2D eigenvalue weighted by Gasteiger charge is -2.21. The molecule has 0 radical (unpaired) electrons. The van der Waals surface area contributed by atoms with Crippen molar-refractivity contribution in [1.29, 1.82) is 0 Å². The Balaban J connectivity index is 1.71. The third kappa shape index (κ3) is 12.0. The molecule has 0 N–H and O–H groups in total. The van der Waals surface area contributed by atoms with Gasteiger partial charge in [0.2, 0.25) is 0 Å². The second kappa shape index (κ2) is 16.8. The van der Waals surface area contributed by atoms with E-state index in [2.05, 4.69) is 0 Å². The third-order valence-electron chi connectivity index (χ3n) is 4.45. The van der Waals surface area contributed by atoms with Crippen molar-refractivity contribution in [3.05, 3.63) is 71.8 Å². The summed E-state index contributed by atoms with van der Waals surface area (Å²) < 4.78 is 34.4. The van der Waals surface area contributed by atoms with Crippen LogP contribution in [0.15, 0.2) is 60.7 Å². The Bertz CT molecular complexity index is 594. The fourth-order valence-electron chi connectivity index (χ4n) is 2.78. The van der Waals surface area contributed by atoms with Gasteiger partial charge in [0.15, 0.2) is 0 Å². The second-order valence-corrected chi connectivity index (χ2v) is 7.02. The van der Waals surface area contributed by atoms with Crippen molar-refractivity contribution in [1.82, 2.24) is 0 Å². The molecule has 0 fully saturated rings. The second-order valence-electron chi connectivity index (χ2n) is 7.02. The smallest absolute Gasteiger partial charge is 0.147 e. The van der Waals surface area contributed by atoms with E-state index in [-0.39, 0.29) is 19.0 Å². The molecule has 6 nitrogen and oxygen atoms in total. The predicted molar refractivity (Wildman–Crippen MR) is 120 cm³/mol. The van der Waals surface area contributed by atoms with Gasteiger partial charge in [-0.15, -0.1) is 0 Å². The van der Waals surface area contributed by atoms with Crippen LogP contribution in [0.5, 0.6) is 0 Å². The van der Waals surface area contributed by atoms with Crippen molar-refractivity contribution >= 4 is 0 Å². The molecular weight excluding hydrogens is 396 g/mol. The quantitative estimate of drug-likeness (QED) is 0.329. The molecule has 172 valence electrons. The molecule has 0 saturated heterocycles. The maximum absolute atomic E-state index is 5.87. The molecule has 2 unspecified atom stereocenters. The first-order valence-electron chi connectivity index (χ1n) is 10.9. The van der Waals surface area contributed by atoms with Gasteiger partial charge in [0, 0.05) is 13.2 Å². The van der Waals surface area contributed by atoms with Crippen molar-refractivity contribution in [3.63, 3.8) is 0 Å². The highest BCUT2D eigenvalue weighted by molar-refractivity contribution is 5.14. The standard InChI is InChI=1S/C25H36O6/c1-3-26-17-24(19-28-15-22-11-7-5-8-12-22)30-21-31-25(18-27-4-2)20-29-16-23-13-9-6-10-14-23/h5-14,24-25H,3-4,15-21H2,1-2H3. The first-order chi connectivity index (χ1) is 15.3. The molecule has 0 bridgehead atoms. The van der Waals surface area contributed by atoms with Crippen molar-refractivity contribution in [2.45, 2.75) is 39.3 Å². The van der Waals surface area contributed by atoms with E-state index < -0.39 is 0 Å². The van der Waals surface area contributed by atoms with Gasteiger partial charge in [-0.25, -0.2) is 0 Å². The Kier molecular flexibility index (Phi) is 13.8. The molecule has 6 heteroatoms. The molecule has 2 aromatic carbocycles. The van der Waals surface area contributed by atoms with E-state index in [4.69, 9.17) is 28.4 Å². The highest BCUT2D eigenvalue weighted by atomic mass is 16.7. The van der Waals surface area contributed by atoms with Crippen LogP contribution >= 0.6 is 0 Å². The van der Waals surface area contributed by atoms with E-state index in [1.165, 1.54) is 0 Å². The lowest BCUT2D eigenvalue weighted by molar-refractivity contribution is -0.169. The van der Waals surface area contributed by atoms with Crippen molar-refractivity contribution in [3.8, 4) is 0 Å². The summed E-state index contributed by atoms with van der Waals surface area (Å²) in [4.78, 5) is 0. The first-order valence-corrected chi connectivity index (χ1v) is 10.9. The van der Waals surface area contributed by atoms with Crippen LogP contribution in [-0.4, -0.2) is 58.6 Å². The molecule has 0 aliphatic rings. The Morgan fingerprint density at radius 1 is 0.548 bits per heavy atom. The monoisotopic (exact) mass is 432 g/mol. The van der Waals surface area contributed by atoms with Gasteiger partial charge in [-0.3, -0.25) is 0 Å². The third-order valence-corrected chi connectivity index (χ3v) is 4.45. The molecule has 0 heterocycles. The van der Waals surface area contributed by atoms with Crippen LogP contribution in [0.1, 0.15) is 25.0 Å². The lowest BCUT2D eigenvalue weighted by atomic mass is 10.2. The van der Waals surface area contributed by atoms with Crippen LogP contribution in [0.2, 0.25) is 0 Å². The molecule has 0 amide bonds. The van der Waals surface area contributed by atoms with Gasteiger partial charge >= 0.3 is 0 Å². The fraction of sp³-hybridized carbons (Fsp3) is 0.520. The number of benzene rings is 2. The number of hydrogen-bond acceptors (Lipinski definition) is 6. The van der Waals surface area contributed by atoms with Crippen LogP contribution in [0.3, 0.4) is 0 Å². The van der Waals surface area contributed by atoms with Gasteiger partial charge in [0.1, 0.15) is 19.0 Å². The van der Waals surface area contributed by atoms with E-state index in [1.807, 2.05) is 74.5 Å². The SMILES string of the molecule is CCOCC(COCc1ccccc1)OCOC(COCC)COCc1ccccc1. The summed E-state index contributed by atoms with van der Waals surface area (Å²) in [6.07, 6.45) is -0.414. The summed E-state index contributed by atoms with van der Waals surface area (Å²) in [5, 5.41) is 0.